The van der Waals surface area contributed by atoms with Gasteiger partial charge in [0.25, 0.3) is 0 Å². The topological polar surface area (TPSA) is 9.23 Å². The van der Waals surface area contributed by atoms with Crippen molar-refractivity contribution >= 4 is 10.8 Å². The molecule has 0 N–H and O–H groups in total. The van der Waals surface area contributed by atoms with Gasteiger partial charge >= 0.3 is 6.18 Å². The number of unbranched alkanes of at least 4 members (excludes halogenated alkanes) is 4. The van der Waals surface area contributed by atoms with Gasteiger partial charge in [0, 0.05) is 5.39 Å². The standard InChI is InChI=1S/C25H26F4O/c1-2-3-4-5-6-7-18-8-10-19(11-9-18)20-12-14-22-21(16-20)13-15-23(24(22)26)30-17-25(27,28)29/h8-16H,2-7,17H2,1H3. The molecule has 0 radical (unpaired) electrons. The van der Waals surface area contributed by atoms with Crippen molar-refractivity contribution in [3.05, 3.63) is 66.0 Å². The van der Waals surface area contributed by atoms with Crippen molar-refractivity contribution in [3.63, 3.8) is 0 Å². The summed E-state index contributed by atoms with van der Waals surface area (Å²) in [7, 11) is 0. The summed E-state index contributed by atoms with van der Waals surface area (Å²) in [5.41, 5.74) is 3.25. The largest absolute Gasteiger partial charge is 0.481 e. The van der Waals surface area contributed by atoms with E-state index in [2.05, 4.69) is 35.9 Å². The first-order valence-electron chi connectivity index (χ1n) is 10.4. The molecule has 0 saturated heterocycles. The van der Waals surface area contributed by atoms with E-state index in [1.54, 1.807) is 18.2 Å². The fourth-order valence-electron chi connectivity index (χ4n) is 3.52. The van der Waals surface area contributed by atoms with E-state index in [0.29, 0.717) is 5.39 Å². The molecule has 0 bridgehead atoms. The molecule has 0 aromatic heterocycles. The summed E-state index contributed by atoms with van der Waals surface area (Å²) in [5.74, 6) is -1.17. The summed E-state index contributed by atoms with van der Waals surface area (Å²) >= 11 is 0. The van der Waals surface area contributed by atoms with Gasteiger partial charge in [0.15, 0.2) is 18.2 Å². The summed E-state index contributed by atoms with van der Waals surface area (Å²) in [5, 5.41) is 0.853. The van der Waals surface area contributed by atoms with Crippen LogP contribution in [0, 0.1) is 5.82 Å². The number of ether oxygens (including phenoxy) is 1. The molecule has 3 rings (SSSR count). The van der Waals surface area contributed by atoms with Crippen LogP contribution in [0.4, 0.5) is 17.6 Å². The van der Waals surface area contributed by atoms with Crippen LogP contribution in [-0.2, 0) is 6.42 Å². The Balaban J connectivity index is 1.71. The highest BCUT2D eigenvalue weighted by molar-refractivity contribution is 5.89. The van der Waals surface area contributed by atoms with Crippen LogP contribution >= 0.6 is 0 Å². The predicted molar refractivity (Wildman–Crippen MR) is 113 cm³/mol. The number of fused-ring (bicyclic) bond motifs is 1. The molecule has 30 heavy (non-hydrogen) atoms. The van der Waals surface area contributed by atoms with E-state index in [0.717, 1.165) is 17.5 Å². The van der Waals surface area contributed by atoms with E-state index in [1.165, 1.54) is 43.7 Å². The van der Waals surface area contributed by atoms with Gasteiger partial charge in [-0.1, -0.05) is 75.1 Å². The Hall–Kier alpha value is -2.56. The van der Waals surface area contributed by atoms with Crippen molar-refractivity contribution in [1.82, 2.24) is 0 Å². The minimum Gasteiger partial charge on any atom is -0.481 e. The van der Waals surface area contributed by atoms with Gasteiger partial charge in [-0.05, 0) is 47.1 Å². The van der Waals surface area contributed by atoms with Crippen LogP contribution in [0.25, 0.3) is 21.9 Å². The van der Waals surface area contributed by atoms with E-state index in [9.17, 15) is 17.6 Å². The maximum atomic E-state index is 14.5. The highest BCUT2D eigenvalue weighted by Crippen LogP contribution is 2.31. The second kappa shape index (κ2) is 9.96. The quantitative estimate of drug-likeness (QED) is 0.252. The molecule has 0 saturated carbocycles. The highest BCUT2D eigenvalue weighted by atomic mass is 19.4. The lowest BCUT2D eigenvalue weighted by Gasteiger charge is -2.12. The zero-order valence-electron chi connectivity index (χ0n) is 17.1. The Morgan fingerprint density at radius 2 is 1.50 bits per heavy atom. The zero-order chi connectivity index (χ0) is 21.6. The first kappa shape index (κ1) is 22.1. The first-order valence-corrected chi connectivity index (χ1v) is 10.4. The van der Waals surface area contributed by atoms with Crippen LogP contribution < -0.4 is 4.74 Å². The molecule has 0 aliphatic rings. The number of hydrogen-bond donors (Lipinski definition) is 0. The van der Waals surface area contributed by atoms with Gasteiger partial charge in [0.1, 0.15) is 0 Å². The Labute approximate surface area is 174 Å². The number of aryl methyl sites for hydroxylation is 1. The second-order valence-electron chi connectivity index (χ2n) is 7.58. The SMILES string of the molecule is CCCCCCCc1ccc(-c2ccc3c(F)c(OCC(F)(F)F)ccc3c2)cc1. The van der Waals surface area contributed by atoms with Gasteiger partial charge in [-0.3, -0.25) is 0 Å². The van der Waals surface area contributed by atoms with Crippen LogP contribution in [0.15, 0.2) is 54.6 Å². The Morgan fingerprint density at radius 3 is 2.20 bits per heavy atom. The Bertz CT molecular complexity index is 961. The number of benzene rings is 3. The maximum absolute atomic E-state index is 14.5. The van der Waals surface area contributed by atoms with Crippen molar-refractivity contribution in [1.29, 1.82) is 0 Å². The number of rotatable bonds is 9. The van der Waals surface area contributed by atoms with Crippen molar-refractivity contribution in [2.45, 2.75) is 51.6 Å². The van der Waals surface area contributed by atoms with E-state index >= 15 is 0 Å². The Kier molecular flexibility index (Phi) is 7.35. The number of alkyl halides is 3. The normalized spacial score (nSPS) is 11.8. The molecule has 0 unspecified atom stereocenters. The summed E-state index contributed by atoms with van der Waals surface area (Å²) < 4.78 is 56.1. The fourth-order valence-corrected chi connectivity index (χ4v) is 3.52. The lowest BCUT2D eigenvalue weighted by molar-refractivity contribution is -0.153. The molecule has 160 valence electrons. The third-order valence-corrected chi connectivity index (χ3v) is 5.17. The molecule has 0 amide bonds. The van der Waals surface area contributed by atoms with Crippen molar-refractivity contribution < 1.29 is 22.3 Å². The third kappa shape index (κ3) is 5.97. The zero-order valence-corrected chi connectivity index (χ0v) is 17.1. The van der Waals surface area contributed by atoms with Gasteiger partial charge in [-0.25, -0.2) is 4.39 Å². The number of hydrogen-bond acceptors (Lipinski definition) is 1. The molecule has 3 aromatic rings. The van der Waals surface area contributed by atoms with Crippen molar-refractivity contribution in [2.75, 3.05) is 6.61 Å². The average molecular weight is 418 g/mol. The summed E-state index contributed by atoms with van der Waals surface area (Å²) in [6, 6.07) is 16.4. The van der Waals surface area contributed by atoms with Gasteiger partial charge in [0.05, 0.1) is 0 Å². The highest BCUT2D eigenvalue weighted by Gasteiger charge is 2.29. The summed E-state index contributed by atoms with van der Waals surface area (Å²) in [6.45, 7) is 0.693. The Morgan fingerprint density at radius 1 is 0.800 bits per heavy atom. The van der Waals surface area contributed by atoms with Gasteiger partial charge < -0.3 is 4.74 Å². The minimum absolute atomic E-state index is 0.238. The molecular weight excluding hydrogens is 392 g/mol. The molecule has 0 aliphatic heterocycles. The molecule has 0 spiro atoms. The van der Waals surface area contributed by atoms with E-state index in [1.807, 2.05) is 6.07 Å². The van der Waals surface area contributed by atoms with Crippen molar-refractivity contribution in [3.8, 4) is 16.9 Å². The molecule has 3 aromatic carbocycles. The third-order valence-electron chi connectivity index (χ3n) is 5.17. The average Bonchev–Trinajstić information content (AvgIpc) is 2.73. The lowest BCUT2D eigenvalue weighted by Crippen LogP contribution is -2.19. The minimum atomic E-state index is -4.51. The monoisotopic (exact) mass is 418 g/mol. The van der Waals surface area contributed by atoms with E-state index in [-0.39, 0.29) is 5.39 Å². The van der Waals surface area contributed by atoms with E-state index in [4.69, 9.17) is 0 Å². The molecule has 0 fully saturated rings. The molecule has 1 nitrogen and oxygen atoms in total. The van der Waals surface area contributed by atoms with Crippen LogP contribution in [0.2, 0.25) is 0 Å². The first-order chi connectivity index (χ1) is 14.4. The van der Waals surface area contributed by atoms with Crippen molar-refractivity contribution in [2.24, 2.45) is 0 Å². The molecular formula is C25H26F4O. The van der Waals surface area contributed by atoms with Crippen LogP contribution in [0.3, 0.4) is 0 Å². The van der Waals surface area contributed by atoms with Gasteiger partial charge in [0.2, 0.25) is 0 Å². The van der Waals surface area contributed by atoms with Gasteiger partial charge in [-0.2, -0.15) is 13.2 Å². The predicted octanol–water partition coefficient (Wildman–Crippen LogP) is 8.10. The smallest absolute Gasteiger partial charge is 0.422 e. The lowest BCUT2D eigenvalue weighted by atomic mass is 9.98. The fraction of sp³-hybridized carbons (Fsp3) is 0.360. The molecule has 0 aliphatic carbocycles. The van der Waals surface area contributed by atoms with Crippen LogP contribution in [0.1, 0.15) is 44.6 Å². The second-order valence-corrected chi connectivity index (χ2v) is 7.58. The van der Waals surface area contributed by atoms with E-state index < -0.39 is 24.3 Å². The molecule has 0 heterocycles. The van der Waals surface area contributed by atoms with Crippen LogP contribution in [-0.4, -0.2) is 12.8 Å². The summed E-state index contributed by atoms with van der Waals surface area (Å²) in [4.78, 5) is 0. The summed E-state index contributed by atoms with van der Waals surface area (Å²) in [6.07, 6.45) is 2.81. The van der Waals surface area contributed by atoms with Gasteiger partial charge in [-0.15, -0.1) is 0 Å². The number of halogens is 4. The maximum Gasteiger partial charge on any atom is 0.422 e. The molecule has 0 atom stereocenters. The molecule has 5 heteroatoms. The van der Waals surface area contributed by atoms with Crippen LogP contribution in [0.5, 0.6) is 5.75 Å².